The number of nitrogens with one attached hydrogen (secondary N) is 1. The first-order chi connectivity index (χ1) is 12.3. The minimum Gasteiger partial charge on any atom is -0.444 e. The number of carbonyl (C=O) groups is 2. The van der Waals surface area contributed by atoms with Crippen molar-refractivity contribution in [3.8, 4) is 6.07 Å². The van der Waals surface area contributed by atoms with Crippen LogP contribution in [-0.2, 0) is 19.7 Å². The molecule has 26 heavy (non-hydrogen) atoms. The number of carbonyl (C=O) groups excluding carboxylic acids is 2. The van der Waals surface area contributed by atoms with E-state index in [2.05, 4.69) is 21.2 Å². The molecule has 7 heteroatoms. The van der Waals surface area contributed by atoms with Crippen molar-refractivity contribution in [1.82, 2.24) is 0 Å². The molecule has 0 fully saturated rings. The Morgan fingerprint density at radius 1 is 1.38 bits per heavy atom. The van der Waals surface area contributed by atoms with Crippen molar-refractivity contribution in [2.24, 2.45) is 11.7 Å². The normalized spacial score (nSPS) is 27.1. The quantitative estimate of drug-likeness (QED) is 0.679. The Labute approximate surface area is 158 Å². The van der Waals surface area contributed by atoms with Gasteiger partial charge in [-0.3, -0.25) is 9.59 Å². The van der Waals surface area contributed by atoms with Crippen LogP contribution in [0.15, 0.2) is 39.4 Å². The van der Waals surface area contributed by atoms with Crippen LogP contribution in [-0.4, -0.2) is 11.7 Å². The van der Waals surface area contributed by atoms with E-state index >= 15 is 0 Å². The van der Waals surface area contributed by atoms with E-state index < -0.39 is 11.3 Å². The minimum absolute atomic E-state index is 0.0401. The van der Waals surface area contributed by atoms with E-state index in [9.17, 15) is 14.9 Å². The summed E-state index contributed by atoms with van der Waals surface area (Å²) in [6, 6.07) is 5.67. The average molecular weight is 414 g/mol. The number of Topliss-reactive ketones (excluding diaryl/α,β-unsaturated/α-hetero) is 1. The van der Waals surface area contributed by atoms with Gasteiger partial charge in [-0.2, -0.15) is 5.26 Å². The SMILES string of the molecule is Cc1ccc2c(c1Br)C1(C(=O)N2)C(C#N)=C(N)OC2=C1C(=O)CC(C)C2. The number of benzene rings is 1. The zero-order valence-corrected chi connectivity index (χ0v) is 15.9. The predicted octanol–water partition coefficient (Wildman–Crippen LogP) is 2.92. The number of allylic oxidation sites excluding steroid dienone is 1. The van der Waals surface area contributed by atoms with Gasteiger partial charge in [0.1, 0.15) is 22.8 Å². The van der Waals surface area contributed by atoms with E-state index in [1.807, 2.05) is 26.0 Å². The molecule has 1 spiro atoms. The number of ketones is 1. The van der Waals surface area contributed by atoms with Crippen LogP contribution >= 0.6 is 15.9 Å². The smallest absolute Gasteiger partial charge is 0.245 e. The van der Waals surface area contributed by atoms with Gasteiger partial charge in [0.2, 0.25) is 11.8 Å². The lowest BCUT2D eigenvalue weighted by atomic mass is 9.64. The first kappa shape index (κ1) is 16.9. The molecule has 6 nitrogen and oxygen atoms in total. The largest absolute Gasteiger partial charge is 0.444 e. The highest BCUT2D eigenvalue weighted by atomic mass is 79.9. The molecule has 0 radical (unpaired) electrons. The molecule has 2 atom stereocenters. The van der Waals surface area contributed by atoms with Crippen LogP contribution in [0.4, 0.5) is 5.69 Å². The van der Waals surface area contributed by atoms with Crippen molar-refractivity contribution in [2.45, 2.75) is 32.1 Å². The van der Waals surface area contributed by atoms with Gasteiger partial charge in [0.05, 0.1) is 5.57 Å². The van der Waals surface area contributed by atoms with Gasteiger partial charge >= 0.3 is 0 Å². The second kappa shape index (κ2) is 5.45. The Morgan fingerprint density at radius 2 is 2.12 bits per heavy atom. The van der Waals surface area contributed by atoms with Crippen LogP contribution in [0.5, 0.6) is 0 Å². The Morgan fingerprint density at radius 3 is 2.81 bits per heavy atom. The number of anilines is 1. The number of ether oxygens (including phenoxy) is 1. The summed E-state index contributed by atoms with van der Waals surface area (Å²) in [6.07, 6.45) is 0.795. The highest BCUT2D eigenvalue weighted by Gasteiger charge is 2.61. The molecular formula is C19H16BrN3O3. The monoisotopic (exact) mass is 413 g/mol. The summed E-state index contributed by atoms with van der Waals surface area (Å²) < 4.78 is 6.33. The minimum atomic E-state index is -1.57. The Kier molecular flexibility index (Phi) is 3.53. The molecule has 2 unspecified atom stereocenters. The van der Waals surface area contributed by atoms with Gasteiger partial charge in [-0.05, 0) is 24.5 Å². The maximum Gasteiger partial charge on any atom is 0.245 e. The second-order valence-corrected chi connectivity index (χ2v) is 7.80. The fourth-order valence-electron chi connectivity index (χ4n) is 4.17. The molecule has 0 saturated heterocycles. The van der Waals surface area contributed by atoms with Gasteiger partial charge in [0.25, 0.3) is 0 Å². The molecule has 1 aromatic carbocycles. The van der Waals surface area contributed by atoms with Crippen molar-refractivity contribution in [2.75, 3.05) is 5.32 Å². The van der Waals surface area contributed by atoms with Crippen molar-refractivity contribution < 1.29 is 14.3 Å². The summed E-state index contributed by atoms with van der Waals surface area (Å²) in [5, 5.41) is 12.6. The van der Waals surface area contributed by atoms with Gasteiger partial charge in [0.15, 0.2) is 5.78 Å². The van der Waals surface area contributed by atoms with Crippen molar-refractivity contribution >= 4 is 33.3 Å². The van der Waals surface area contributed by atoms with Crippen molar-refractivity contribution in [3.63, 3.8) is 0 Å². The van der Waals surface area contributed by atoms with Gasteiger partial charge in [-0.25, -0.2) is 0 Å². The molecule has 1 aliphatic carbocycles. The molecule has 2 heterocycles. The van der Waals surface area contributed by atoms with Crippen LogP contribution in [0.1, 0.15) is 30.9 Å². The second-order valence-electron chi connectivity index (χ2n) is 7.01. The fourth-order valence-corrected chi connectivity index (χ4v) is 4.81. The Bertz CT molecular complexity index is 1000. The maximum atomic E-state index is 13.3. The Hall–Kier alpha value is -2.59. The molecular weight excluding hydrogens is 398 g/mol. The lowest BCUT2D eigenvalue weighted by Gasteiger charge is -2.38. The predicted molar refractivity (Wildman–Crippen MR) is 97.5 cm³/mol. The molecule has 0 saturated carbocycles. The van der Waals surface area contributed by atoms with Gasteiger partial charge in [-0.15, -0.1) is 0 Å². The molecule has 0 bridgehead atoms. The first-order valence-electron chi connectivity index (χ1n) is 8.28. The zero-order valence-electron chi connectivity index (χ0n) is 14.3. The van der Waals surface area contributed by atoms with E-state index in [0.717, 1.165) is 5.56 Å². The standard InChI is InChI=1S/C19H16BrN3O3/c1-8-5-12(24)15-13(6-8)26-17(22)10(7-21)19(15)14-11(23-18(19)25)4-3-9(2)16(14)20/h3-4,8H,5-6,22H2,1-2H3,(H,23,25). The summed E-state index contributed by atoms with van der Waals surface area (Å²) in [7, 11) is 0. The number of halogens is 1. The molecule has 0 aromatic heterocycles. The molecule has 3 N–H and O–H groups in total. The number of rotatable bonds is 0. The number of hydrogen-bond donors (Lipinski definition) is 2. The van der Waals surface area contributed by atoms with E-state index in [0.29, 0.717) is 34.3 Å². The Balaban J connectivity index is 2.15. The number of nitriles is 1. The molecule has 132 valence electrons. The number of nitrogens with zero attached hydrogens (tertiary/aromatic N) is 1. The van der Waals surface area contributed by atoms with Crippen molar-refractivity contribution in [3.05, 3.63) is 50.5 Å². The third-order valence-corrected chi connectivity index (χ3v) is 6.29. The summed E-state index contributed by atoms with van der Waals surface area (Å²) in [6.45, 7) is 3.83. The lowest BCUT2D eigenvalue weighted by Crippen LogP contribution is -2.47. The van der Waals surface area contributed by atoms with Gasteiger partial charge in [-0.1, -0.05) is 28.9 Å². The van der Waals surface area contributed by atoms with Crippen LogP contribution in [0.2, 0.25) is 0 Å². The number of aryl methyl sites for hydroxylation is 1. The maximum absolute atomic E-state index is 13.3. The number of nitrogens with two attached hydrogens (primary N) is 1. The number of hydrogen-bond acceptors (Lipinski definition) is 5. The van der Waals surface area contributed by atoms with E-state index in [1.165, 1.54) is 0 Å². The number of amides is 1. The lowest BCUT2D eigenvalue weighted by molar-refractivity contribution is -0.123. The van der Waals surface area contributed by atoms with Crippen LogP contribution < -0.4 is 11.1 Å². The first-order valence-corrected chi connectivity index (χ1v) is 9.07. The third-order valence-electron chi connectivity index (χ3n) is 5.27. The summed E-state index contributed by atoms with van der Waals surface area (Å²) >= 11 is 3.55. The van der Waals surface area contributed by atoms with E-state index in [4.69, 9.17) is 10.5 Å². The van der Waals surface area contributed by atoms with Crippen LogP contribution in [0, 0.1) is 24.2 Å². The third kappa shape index (κ3) is 1.91. The van der Waals surface area contributed by atoms with Crippen LogP contribution in [0.3, 0.4) is 0 Å². The van der Waals surface area contributed by atoms with E-state index in [-0.39, 0.29) is 28.7 Å². The number of fused-ring (bicyclic) bond motifs is 3. The van der Waals surface area contributed by atoms with E-state index in [1.54, 1.807) is 6.07 Å². The molecule has 1 aromatic rings. The van der Waals surface area contributed by atoms with Gasteiger partial charge in [0, 0.05) is 28.6 Å². The highest BCUT2D eigenvalue weighted by Crippen LogP contribution is 2.56. The average Bonchev–Trinajstić information content (AvgIpc) is 2.84. The molecule has 4 rings (SSSR count). The zero-order chi connectivity index (χ0) is 18.8. The fraction of sp³-hybridized carbons (Fsp3) is 0.316. The molecule has 1 amide bonds. The van der Waals surface area contributed by atoms with Crippen molar-refractivity contribution in [1.29, 1.82) is 5.26 Å². The summed E-state index contributed by atoms with van der Waals surface area (Å²) in [4.78, 5) is 26.3. The molecule has 2 aliphatic heterocycles. The van der Waals surface area contributed by atoms with Crippen LogP contribution in [0.25, 0.3) is 0 Å². The summed E-state index contributed by atoms with van der Waals surface area (Å²) in [5.41, 5.74) is 6.69. The topological polar surface area (TPSA) is 105 Å². The molecule has 3 aliphatic rings. The van der Waals surface area contributed by atoms with Gasteiger partial charge < -0.3 is 15.8 Å². The summed E-state index contributed by atoms with van der Waals surface area (Å²) in [5.74, 6) is -0.279. The highest BCUT2D eigenvalue weighted by molar-refractivity contribution is 9.10.